The molecule has 5 nitrogen and oxygen atoms in total. The molecule has 2 aliphatic heterocycles. The SMILES string of the molecule is O=C1OC2(CCCCC2)OC12ON[C@H]1CCCC12. The van der Waals surface area contributed by atoms with Crippen LogP contribution in [0.25, 0.3) is 0 Å². The van der Waals surface area contributed by atoms with Crippen molar-refractivity contribution in [3.05, 3.63) is 0 Å². The van der Waals surface area contributed by atoms with Crippen LogP contribution in [0, 0.1) is 5.92 Å². The van der Waals surface area contributed by atoms with E-state index in [4.69, 9.17) is 14.3 Å². The molecule has 0 amide bonds. The van der Waals surface area contributed by atoms with Gasteiger partial charge in [-0.05, 0) is 25.7 Å². The molecule has 5 heteroatoms. The highest BCUT2D eigenvalue weighted by Crippen LogP contribution is 2.51. The molecule has 2 spiro atoms. The van der Waals surface area contributed by atoms with Gasteiger partial charge in [0.05, 0.1) is 0 Å². The Morgan fingerprint density at radius 1 is 1.11 bits per heavy atom. The Morgan fingerprint density at radius 2 is 1.94 bits per heavy atom. The van der Waals surface area contributed by atoms with Gasteiger partial charge in [0, 0.05) is 24.8 Å². The summed E-state index contributed by atoms with van der Waals surface area (Å²) in [7, 11) is 0. The monoisotopic (exact) mass is 253 g/mol. The molecule has 0 radical (unpaired) electrons. The Hall–Kier alpha value is -0.650. The van der Waals surface area contributed by atoms with E-state index >= 15 is 0 Å². The summed E-state index contributed by atoms with van der Waals surface area (Å²) in [6, 6.07) is 0.247. The molecule has 2 heterocycles. The zero-order chi connectivity index (χ0) is 12.2. The summed E-state index contributed by atoms with van der Waals surface area (Å²) < 4.78 is 11.7. The first-order valence-electron chi connectivity index (χ1n) is 7.11. The molecule has 100 valence electrons. The quantitative estimate of drug-likeness (QED) is 0.665. The van der Waals surface area contributed by atoms with E-state index in [1.54, 1.807) is 0 Å². The van der Waals surface area contributed by atoms with Crippen molar-refractivity contribution in [2.75, 3.05) is 0 Å². The summed E-state index contributed by atoms with van der Waals surface area (Å²) in [4.78, 5) is 17.9. The second-order valence-corrected chi connectivity index (χ2v) is 5.99. The van der Waals surface area contributed by atoms with Crippen molar-refractivity contribution in [3.63, 3.8) is 0 Å². The van der Waals surface area contributed by atoms with E-state index in [0.717, 1.165) is 44.9 Å². The molecule has 2 unspecified atom stereocenters. The number of rotatable bonds is 0. The first kappa shape index (κ1) is 11.2. The van der Waals surface area contributed by atoms with E-state index in [1.165, 1.54) is 6.42 Å². The maximum atomic E-state index is 12.3. The van der Waals surface area contributed by atoms with Gasteiger partial charge in [-0.25, -0.2) is 4.79 Å². The molecule has 1 N–H and O–H groups in total. The lowest BCUT2D eigenvalue weighted by atomic mass is 9.93. The predicted octanol–water partition coefficient (Wildman–Crippen LogP) is 1.62. The predicted molar refractivity (Wildman–Crippen MR) is 61.1 cm³/mol. The minimum atomic E-state index is -1.15. The van der Waals surface area contributed by atoms with Gasteiger partial charge in [0.15, 0.2) is 0 Å². The largest absolute Gasteiger partial charge is 0.429 e. The van der Waals surface area contributed by atoms with E-state index in [0.29, 0.717) is 0 Å². The molecule has 4 fully saturated rings. The molecule has 0 aromatic carbocycles. The topological polar surface area (TPSA) is 56.8 Å². The fourth-order valence-corrected chi connectivity index (χ4v) is 3.96. The van der Waals surface area contributed by atoms with Gasteiger partial charge < -0.3 is 4.74 Å². The van der Waals surface area contributed by atoms with Gasteiger partial charge in [-0.15, -0.1) is 0 Å². The average Bonchev–Trinajstić information content (AvgIpc) is 3.00. The molecular weight excluding hydrogens is 234 g/mol. The number of hydrogen-bond acceptors (Lipinski definition) is 5. The van der Waals surface area contributed by atoms with Crippen LogP contribution in [0.15, 0.2) is 0 Å². The third kappa shape index (κ3) is 1.35. The zero-order valence-corrected chi connectivity index (χ0v) is 10.4. The van der Waals surface area contributed by atoms with Crippen LogP contribution >= 0.6 is 0 Å². The van der Waals surface area contributed by atoms with Crippen LogP contribution in [0.3, 0.4) is 0 Å². The summed E-state index contributed by atoms with van der Waals surface area (Å²) in [5.41, 5.74) is 2.98. The molecule has 2 aliphatic carbocycles. The third-order valence-electron chi connectivity index (χ3n) is 4.88. The van der Waals surface area contributed by atoms with Gasteiger partial charge in [0.2, 0.25) is 5.79 Å². The number of carbonyl (C=O) groups excluding carboxylic acids is 1. The lowest BCUT2D eigenvalue weighted by Crippen LogP contribution is -2.44. The number of hydrogen-bond donors (Lipinski definition) is 1. The maximum absolute atomic E-state index is 12.3. The van der Waals surface area contributed by atoms with Gasteiger partial charge in [0.25, 0.3) is 5.79 Å². The summed E-state index contributed by atoms with van der Waals surface area (Å²) in [6.07, 6.45) is 8.08. The van der Waals surface area contributed by atoms with Crippen molar-refractivity contribution in [1.82, 2.24) is 5.48 Å². The van der Waals surface area contributed by atoms with Crippen molar-refractivity contribution in [2.24, 2.45) is 5.92 Å². The molecule has 0 aromatic heterocycles. The summed E-state index contributed by atoms with van der Waals surface area (Å²) in [6.45, 7) is 0. The fraction of sp³-hybridized carbons (Fsp3) is 0.923. The number of nitrogens with one attached hydrogen (secondary N) is 1. The Labute approximate surface area is 106 Å². The van der Waals surface area contributed by atoms with Crippen LogP contribution in [0.1, 0.15) is 51.4 Å². The van der Waals surface area contributed by atoms with Crippen molar-refractivity contribution in [2.45, 2.75) is 69.0 Å². The minimum Gasteiger partial charge on any atom is -0.429 e. The number of carbonyl (C=O) groups is 1. The second-order valence-electron chi connectivity index (χ2n) is 5.99. The van der Waals surface area contributed by atoms with Crippen LogP contribution in [0.4, 0.5) is 0 Å². The molecule has 2 saturated carbocycles. The smallest absolute Gasteiger partial charge is 0.371 e. The lowest BCUT2D eigenvalue weighted by Gasteiger charge is -2.32. The highest BCUT2D eigenvalue weighted by atomic mass is 16.9. The maximum Gasteiger partial charge on any atom is 0.371 e. The van der Waals surface area contributed by atoms with Crippen molar-refractivity contribution in [1.29, 1.82) is 0 Å². The van der Waals surface area contributed by atoms with Crippen LogP contribution in [0.5, 0.6) is 0 Å². The van der Waals surface area contributed by atoms with Gasteiger partial charge in [-0.2, -0.15) is 5.48 Å². The van der Waals surface area contributed by atoms with Crippen molar-refractivity contribution in [3.8, 4) is 0 Å². The summed E-state index contributed by atoms with van der Waals surface area (Å²) >= 11 is 0. The summed E-state index contributed by atoms with van der Waals surface area (Å²) in [5, 5.41) is 0. The molecule has 0 bridgehead atoms. The zero-order valence-electron chi connectivity index (χ0n) is 10.4. The molecule has 4 rings (SSSR count). The molecule has 18 heavy (non-hydrogen) atoms. The third-order valence-corrected chi connectivity index (χ3v) is 4.88. The van der Waals surface area contributed by atoms with Crippen LogP contribution in [-0.2, 0) is 19.1 Å². The van der Waals surface area contributed by atoms with Crippen molar-refractivity contribution >= 4 is 5.97 Å². The van der Waals surface area contributed by atoms with E-state index in [-0.39, 0.29) is 17.9 Å². The van der Waals surface area contributed by atoms with Crippen LogP contribution in [-0.4, -0.2) is 23.6 Å². The molecule has 0 aromatic rings. The van der Waals surface area contributed by atoms with Crippen LogP contribution < -0.4 is 5.48 Å². The average molecular weight is 253 g/mol. The van der Waals surface area contributed by atoms with Gasteiger partial charge >= 0.3 is 5.97 Å². The Morgan fingerprint density at radius 3 is 2.78 bits per heavy atom. The van der Waals surface area contributed by atoms with E-state index < -0.39 is 11.6 Å². The van der Waals surface area contributed by atoms with Crippen LogP contribution in [0.2, 0.25) is 0 Å². The molecule has 2 saturated heterocycles. The van der Waals surface area contributed by atoms with Crippen molar-refractivity contribution < 1.29 is 19.1 Å². The van der Waals surface area contributed by atoms with E-state index in [2.05, 4.69) is 5.48 Å². The first-order valence-corrected chi connectivity index (χ1v) is 7.11. The summed E-state index contributed by atoms with van der Waals surface area (Å²) in [5.74, 6) is -2.05. The highest BCUT2D eigenvalue weighted by molar-refractivity contribution is 5.81. The Bertz CT molecular complexity index is 379. The highest BCUT2D eigenvalue weighted by Gasteiger charge is 2.68. The fourth-order valence-electron chi connectivity index (χ4n) is 3.96. The lowest BCUT2D eigenvalue weighted by molar-refractivity contribution is -0.282. The molecule has 4 aliphatic rings. The normalized spacial score (nSPS) is 45.7. The number of fused-ring (bicyclic) bond motifs is 2. The minimum absolute atomic E-state index is 0.117. The van der Waals surface area contributed by atoms with Gasteiger partial charge in [-0.3, -0.25) is 9.57 Å². The second kappa shape index (κ2) is 3.68. The standard InChI is InChI=1S/C13H19NO4/c15-11-13(9-5-4-6-10(9)14-18-13)17-12(16-11)7-2-1-3-8-12/h9-10,14H,1-8H2/t9?,10-,13?/m0/s1. The van der Waals surface area contributed by atoms with E-state index in [1.807, 2.05) is 0 Å². The molecular formula is C13H19NO4. The van der Waals surface area contributed by atoms with E-state index in [9.17, 15) is 4.79 Å². The molecule has 3 atom stereocenters. The first-order chi connectivity index (χ1) is 8.74. The van der Waals surface area contributed by atoms with Gasteiger partial charge in [-0.1, -0.05) is 12.8 Å². The number of ether oxygens (including phenoxy) is 2. The number of esters is 1. The van der Waals surface area contributed by atoms with Gasteiger partial charge in [0.1, 0.15) is 0 Å². The Kier molecular flexibility index (Phi) is 2.29. The number of hydroxylamine groups is 1. The Balaban J connectivity index is 1.64.